The molecule has 0 spiro atoms. The Morgan fingerprint density at radius 3 is 2.58 bits per heavy atom. The molecule has 0 aliphatic carbocycles. The number of hydrogen-bond acceptors (Lipinski definition) is 4. The Hall–Kier alpha value is -1.88. The summed E-state index contributed by atoms with van der Waals surface area (Å²) in [6, 6.07) is 4.09. The molecule has 0 atom stereocenters. The van der Waals surface area contributed by atoms with Crippen molar-refractivity contribution in [1.29, 1.82) is 0 Å². The topological polar surface area (TPSA) is 51.2 Å². The van der Waals surface area contributed by atoms with Crippen molar-refractivity contribution >= 4 is 22.4 Å². The third-order valence-corrected chi connectivity index (χ3v) is 3.32. The number of amides is 1. The van der Waals surface area contributed by atoms with Crippen LogP contribution in [0.25, 0.3) is 0 Å². The van der Waals surface area contributed by atoms with Gasteiger partial charge in [-0.25, -0.2) is 4.98 Å². The fourth-order valence-electron chi connectivity index (χ4n) is 1.97. The second kappa shape index (κ2) is 5.84. The van der Waals surface area contributed by atoms with E-state index in [1.807, 2.05) is 38.3 Å². The van der Waals surface area contributed by atoms with Crippen molar-refractivity contribution in [3.05, 3.63) is 40.4 Å². The van der Waals surface area contributed by atoms with Gasteiger partial charge in [-0.2, -0.15) is 0 Å². The summed E-state index contributed by atoms with van der Waals surface area (Å²) < 4.78 is 5.60. The molecule has 0 unspecified atom stereocenters. The Bertz CT molecular complexity index is 556. The standard InChI is InChI=1S/C14H16N2O2S/c1-9-6-10(2)13(11(3)7-9)18-8-12(17)16-14-15-4-5-19-14/h4-7H,8H2,1-3H3,(H,15,16,17). The minimum atomic E-state index is -0.200. The third-order valence-electron chi connectivity index (χ3n) is 2.63. The van der Waals surface area contributed by atoms with E-state index in [9.17, 15) is 4.79 Å². The molecule has 1 aromatic carbocycles. The maximum Gasteiger partial charge on any atom is 0.264 e. The summed E-state index contributed by atoms with van der Waals surface area (Å²) in [7, 11) is 0. The van der Waals surface area contributed by atoms with E-state index in [4.69, 9.17) is 4.74 Å². The molecule has 19 heavy (non-hydrogen) atoms. The largest absolute Gasteiger partial charge is 0.483 e. The van der Waals surface area contributed by atoms with E-state index >= 15 is 0 Å². The lowest BCUT2D eigenvalue weighted by Crippen LogP contribution is -2.20. The SMILES string of the molecule is Cc1cc(C)c(OCC(=O)Nc2nccs2)c(C)c1. The summed E-state index contributed by atoms with van der Waals surface area (Å²) in [6.07, 6.45) is 1.65. The van der Waals surface area contributed by atoms with Crippen LogP contribution < -0.4 is 10.1 Å². The molecule has 0 saturated heterocycles. The van der Waals surface area contributed by atoms with Crippen LogP contribution >= 0.6 is 11.3 Å². The molecule has 0 aliphatic heterocycles. The van der Waals surface area contributed by atoms with E-state index in [0.717, 1.165) is 16.9 Å². The maximum absolute atomic E-state index is 11.7. The van der Waals surface area contributed by atoms with Crippen LogP contribution in [0.4, 0.5) is 5.13 Å². The number of carbonyl (C=O) groups excluding carboxylic acids is 1. The van der Waals surface area contributed by atoms with Gasteiger partial charge in [0.15, 0.2) is 11.7 Å². The number of hydrogen-bond donors (Lipinski definition) is 1. The first-order valence-corrected chi connectivity index (χ1v) is 6.84. The smallest absolute Gasteiger partial charge is 0.264 e. The molecule has 100 valence electrons. The van der Waals surface area contributed by atoms with Gasteiger partial charge in [-0.15, -0.1) is 11.3 Å². The fourth-order valence-corrected chi connectivity index (χ4v) is 2.52. The summed E-state index contributed by atoms with van der Waals surface area (Å²) in [5, 5.41) is 5.09. The normalized spacial score (nSPS) is 10.3. The molecule has 0 radical (unpaired) electrons. The molecule has 5 heteroatoms. The molecule has 0 bridgehead atoms. The first kappa shape index (κ1) is 13.5. The van der Waals surface area contributed by atoms with Gasteiger partial charge in [0.05, 0.1) is 0 Å². The van der Waals surface area contributed by atoms with Crippen molar-refractivity contribution in [2.24, 2.45) is 0 Å². The maximum atomic E-state index is 11.7. The van der Waals surface area contributed by atoms with E-state index in [1.165, 1.54) is 16.9 Å². The van der Waals surface area contributed by atoms with Crippen molar-refractivity contribution in [2.45, 2.75) is 20.8 Å². The molecule has 4 nitrogen and oxygen atoms in total. The quantitative estimate of drug-likeness (QED) is 0.933. The number of nitrogens with one attached hydrogen (secondary N) is 1. The van der Waals surface area contributed by atoms with Crippen LogP contribution in [0.1, 0.15) is 16.7 Å². The lowest BCUT2D eigenvalue weighted by Gasteiger charge is -2.12. The number of aromatic nitrogens is 1. The Morgan fingerprint density at radius 1 is 1.32 bits per heavy atom. The Morgan fingerprint density at radius 2 is 2.00 bits per heavy atom. The van der Waals surface area contributed by atoms with Gasteiger partial charge in [-0.05, 0) is 31.9 Å². The molecule has 1 N–H and O–H groups in total. The van der Waals surface area contributed by atoms with Gasteiger partial charge in [0, 0.05) is 11.6 Å². The van der Waals surface area contributed by atoms with Crippen LogP contribution in [0.5, 0.6) is 5.75 Å². The van der Waals surface area contributed by atoms with Gasteiger partial charge < -0.3 is 4.74 Å². The van der Waals surface area contributed by atoms with Gasteiger partial charge in [-0.1, -0.05) is 17.7 Å². The van der Waals surface area contributed by atoms with Gasteiger partial charge in [0.2, 0.25) is 0 Å². The highest BCUT2D eigenvalue weighted by Crippen LogP contribution is 2.24. The number of carbonyl (C=O) groups is 1. The monoisotopic (exact) mass is 276 g/mol. The van der Waals surface area contributed by atoms with Crippen molar-refractivity contribution in [1.82, 2.24) is 4.98 Å². The lowest BCUT2D eigenvalue weighted by atomic mass is 10.1. The molecule has 1 amide bonds. The number of benzene rings is 1. The molecular weight excluding hydrogens is 260 g/mol. The number of aryl methyl sites for hydroxylation is 3. The zero-order valence-corrected chi connectivity index (χ0v) is 12.0. The van der Waals surface area contributed by atoms with Crippen LogP contribution in [0.15, 0.2) is 23.7 Å². The van der Waals surface area contributed by atoms with Crippen LogP contribution in [0, 0.1) is 20.8 Å². The third kappa shape index (κ3) is 3.54. The Labute approximate surface area is 116 Å². The Balaban J connectivity index is 1.97. The summed E-state index contributed by atoms with van der Waals surface area (Å²) in [5.41, 5.74) is 3.27. The number of nitrogens with zero attached hydrogens (tertiary/aromatic N) is 1. The summed E-state index contributed by atoms with van der Waals surface area (Å²) in [4.78, 5) is 15.7. The predicted octanol–water partition coefficient (Wildman–Crippen LogP) is 3.09. The minimum absolute atomic E-state index is 0.00960. The van der Waals surface area contributed by atoms with Gasteiger partial charge in [-0.3, -0.25) is 10.1 Å². The fraction of sp³-hybridized carbons (Fsp3) is 0.286. The zero-order chi connectivity index (χ0) is 13.8. The molecule has 0 aliphatic rings. The van der Waals surface area contributed by atoms with Crippen LogP contribution in [-0.4, -0.2) is 17.5 Å². The number of thiazole rings is 1. The number of rotatable bonds is 4. The zero-order valence-electron chi connectivity index (χ0n) is 11.2. The predicted molar refractivity (Wildman–Crippen MR) is 76.9 cm³/mol. The van der Waals surface area contributed by atoms with Gasteiger partial charge in [0.25, 0.3) is 5.91 Å². The van der Waals surface area contributed by atoms with E-state index in [-0.39, 0.29) is 12.5 Å². The summed E-state index contributed by atoms with van der Waals surface area (Å²) in [6.45, 7) is 5.99. The molecule has 2 aromatic rings. The molecule has 0 saturated carbocycles. The molecular formula is C14H16N2O2S. The minimum Gasteiger partial charge on any atom is -0.483 e. The Kier molecular flexibility index (Phi) is 4.16. The lowest BCUT2D eigenvalue weighted by molar-refractivity contribution is -0.118. The molecule has 2 rings (SSSR count). The van der Waals surface area contributed by atoms with E-state index < -0.39 is 0 Å². The molecule has 0 fully saturated rings. The highest BCUT2D eigenvalue weighted by molar-refractivity contribution is 7.13. The van der Waals surface area contributed by atoms with E-state index in [2.05, 4.69) is 10.3 Å². The number of anilines is 1. The van der Waals surface area contributed by atoms with Crippen molar-refractivity contribution in [3.63, 3.8) is 0 Å². The van der Waals surface area contributed by atoms with Crippen molar-refractivity contribution in [3.8, 4) is 5.75 Å². The highest BCUT2D eigenvalue weighted by Gasteiger charge is 2.09. The molecule has 1 aromatic heterocycles. The molecule has 1 heterocycles. The summed E-state index contributed by atoms with van der Waals surface area (Å²) in [5.74, 6) is 0.578. The highest BCUT2D eigenvalue weighted by atomic mass is 32.1. The van der Waals surface area contributed by atoms with Crippen molar-refractivity contribution < 1.29 is 9.53 Å². The van der Waals surface area contributed by atoms with Crippen LogP contribution in [0.2, 0.25) is 0 Å². The van der Waals surface area contributed by atoms with Crippen LogP contribution in [0.3, 0.4) is 0 Å². The van der Waals surface area contributed by atoms with Gasteiger partial charge in [0.1, 0.15) is 5.75 Å². The van der Waals surface area contributed by atoms with Crippen LogP contribution in [-0.2, 0) is 4.79 Å². The average Bonchev–Trinajstić information content (AvgIpc) is 2.80. The van der Waals surface area contributed by atoms with Gasteiger partial charge >= 0.3 is 0 Å². The first-order valence-electron chi connectivity index (χ1n) is 5.96. The summed E-state index contributed by atoms with van der Waals surface area (Å²) >= 11 is 1.38. The average molecular weight is 276 g/mol. The second-order valence-electron chi connectivity index (χ2n) is 4.40. The second-order valence-corrected chi connectivity index (χ2v) is 5.30. The first-order chi connectivity index (χ1) is 9.06. The van der Waals surface area contributed by atoms with E-state index in [0.29, 0.717) is 5.13 Å². The van der Waals surface area contributed by atoms with E-state index in [1.54, 1.807) is 6.20 Å². The van der Waals surface area contributed by atoms with Crippen molar-refractivity contribution in [2.75, 3.05) is 11.9 Å². The number of ether oxygens (including phenoxy) is 1.